The molecule has 0 unspecified atom stereocenters. The van der Waals surface area contributed by atoms with Crippen molar-refractivity contribution in [3.05, 3.63) is 46.6 Å². The molecule has 3 rings (SSSR count). The number of thiazole rings is 1. The number of carbonyl (C=O) groups excluding carboxylic acids is 1. The second kappa shape index (κ2) is 5.90. The SMILES string of the molecule is Cc1ccc(NC(=O)Nc2nc3ccc(C)nc3s2)c(Cl)c1. The van der Waals surface area contributed by atoms with Crippen molar-refractivity contribution in [1.82, 2.24) is 9.97 Å². The molecular formula is C15H13ClN4OS. The Kier molecular flexibility index (Phi) is 3.96. The molecule has 3 aromatic rings. The van der Waals surface area contributed by atoms with Crippen LogP contribution >= 0.6 is 22.9 Å². The van der Waals surface area contributed by atoms with E-state index in [1.54, 1.807) is 12.1 Å². The van der Waals surface area contributed by atoms with E-state index in [0.717, 1.165) is 21.6 Å². The number of amides is 2. The summed E-state index contributed by atoms with van der Waals surface area (Å²) in [5.74, 6) is 0. The van der Waals surface area contributed by atoms with Gasteiger partial charge < -0.3 is 5.32 Å². The van der Waals surface area contributed by atoms with Crippen LogP contribution in [0.25, 0.3) is 10.3 Å². The van der Waals surface area contributed by atoms with Gasteiger partial charge in [0.2, 0.25) is 0 Å². The minimum absolute atomic E-state index is 0.387. The van der Waals surface area contributed by atoms with Crippen LogP contribution in [0.3, 0.4) is 0 Å². The zero-order valence-corrected chi connectivity index (χ0v) is 13.5. The average Bonchev–Trinajstić information content (AvgIpc) is 2.83. The summed E-state index contributed by atoms with van der Waals surface area (Å²) in [4.78, 5) is 21.5. The molecule has 112 valence electrons. The van der Waals surface area contributed by atoms with E-state index in [4.69, 9.17) is 11.6 Å². The lowest BCUT2D eigenvalue weighted by molar-refractivity contribution is 0.262. The number of halogens is 1. The predicted octanol–water partition coefficient (Wildman–Crippen LogP) is 4.61. The second-order valence-corrected chi connectivity index (χ2v) is 6.24. The minimum Gasteiger partial charge on any atom is -0.306 e. The molecule has 2 aromatic heterocycles. The highest BCUT2D eigenvalue weighted by Gasteiger charge is 2.10. The zero-order chi connectivity index (χ0) is 15.7. The summed E-state index contributed by atoms with van der Waals surface area (Å²) in [5, 5.41) is 6.40. The fourth-order valence-electron chi connectivity index (χ4n) is 1.94. The largest absolute Gasteiger partial charge is 0.325 e. The molecule has 7 heteroatoms. The summed E-state index contributed by atoms with van der Waals surface area (Å²) in [6.45, 7) is 3.85. The standard InChI is InChI=1S/C15H13ClN4OS/c1-8-3-5-11(10(16)7-8)18-14(21)20-15-19-12-6-4-9(2)17-13(12)22-15/h3-7H,1-2H3,(H2,18,19,20,21). The number of aryl methyl sites for hydroxylation is 2. The molecule has 0 aliphatic heterocycles. The van der Waals surface area contributed by atoms with Gasteiger partial charge in [-0.25, -0.2) is 14.8 Å². The second-order valence-electron chi connectivity index (χ2n) is 4.86. The van der Waals surface area contributed by atoms with Gasteiger partial charge in [0.25, 0.3) is 0 Å². The van der Waals surface area contributed by atoms with E-state index in [-0.39, 0.29) is 6.03 Å². The summed E-state index contributed by atoms with van der Waals surface area (Å²) >= 11 is 7.42. The van der Waals surface area contributed by atoms with Gasteiger partial charge in [-0.1, -0.05) is 29.0 Å². The predicted molar refractivity (Wildman–Crippen MR) is 91.0 cm³/mol. The van der Waals surface area contributed by atoms with E-state index in [9.17, 15) is 4.79 Å². The van der Waals surface area contributed by atoms with E-state index < -0.39 is 0 Å². The van der Waals surface area contributed by atoms with Crippen LogP contribution in [0.15, 0.2) is 30.3 Å². The molecule has 0 aliphatic rings. The van der Waals surface area contributed by atoms with Crippen molar-refractivity contribution in [3.8, 4) is 0 Å². The van der Waals surface area contributed by atoms with E-state index in [0.29, 0.717) is 15.8 Å². The van der Waals surface area contributed by atoms with Crippen molar-refractivity contribution in [2.24, 2.45) is 0 Å². The monoisotopic (exact) mass is 332 g/mol. The maximum Gasteiger partial charge on any atom is 0.325 e. The molecule has 0 bridgehead atoms. The maximum atomic E-state index is 12.0. The fraction of sp³-hybridized carbons (Fsp3) is 0.133. The topological polar surface area (TPSA) is 66.9 Å². The third kappa shape index (κ3) is 3.18. The number of hydrogen-bond donors (Lipinski definition) is 2. The number of aromatic nitrogens is 2. The number of hydrogen-bond acceptors (Lipinski definition) is 4. The van der Waals surface area contributed by atoms with Crippen LogP contribution in [0.2, 0.25) is 5.02 Å². The van der Waals surface area contributed by atoms with Crippen molar-refractivity contribution >= 4 is 50.1 Å². The molecule has 1 aromatic carbocycles. The van der Waals surface area contributed by atoms with E-state index in [2.05, 4.69) is 20.6 Å². The number of carbonyl (C=O) groups is 1. The summed E-state index contributed by atoms with van der Waals surface area (Å²) in [6, 6.07) is 8.82. The highest BCUT2D eigenvalue weighted by Crippen LogP contribution is 2.26. The molecule has 22 heavy (non-hydrogen) atoms. The normalized spacial score (nSPS) is 10.7. The van der Waals surface area contributed by atoms with Crippen LogP contribution in [0.4, 0.5) is 15.6 Å². The van der Waals surface area contributed by atoms with Gasteiger partial charge in [-0.3, -0.25) is 5.32 Å². The summed E-state index contributed by atoms with van der Waals surface area (Å²) in [7, 11) is 0. The first kappa shape index (κ1) is 14.7. The summed E-state index contributed by atoms with van der Waals surface area (Å²) < 4.78 is 0. The molecule has 0 aliphatic carbocycles. The molecule has 0 saturated heterocycles. The van der Waals surface area contributed by atoms with Gasteiger partial charge in [0.15, 0.2) is 5.13 Å². The Morgan fingerprint density at radius 2 is 1.95 bits per heavy atom. The lowest BCUT2D eigenvalue weighted by Gasteiger charge is -2.07. The smallest absolute Gasteiger partial charge is 0.306 e. The average molecular weight is 333 g/mol. The Hall–Kier alpha value is -2.18. The van der Waals surface area contributed by atoms with Gasteiger partial charge in [0.1, 0.15) is 10.3 Å². The minimum atomic E-state index is -0.387. The van der Waals surface area contributed by atoms with Gasteiger partial charge in [-0.05, 0) is 43.7 Å². The first-order valence-electron chi connectivity index (χ1n) is 6.59. The molecule has 2 amide bonds. The first-order valence-corrected chi connectivity index (χ1v) is 7.79. The van der Waals surface area contributed by atoms with E-state index in [1.807, 2.05) is 32.0 Å². The Labute approximate surface area is 136 Å². The van der Waals surface area contributed by atoms with Gasteiger partial charge >= 0.3 is 6.03 Å². The quantitative estimate of drug-likeness (QED) is 0.720. The lowest BCUT2D eigenvalue weighted by Crippen LogP contribution is -2.19. The lowest BCUT2D eigenvalue weighted by atomic mass is 10.2. The highest BCUT2D eigenvalue weighted by molar-refractivity contribution is 7.21. The van der Waals surface area contributed by atoms with Crippen molar-refractivity contribution in [2.75, 3.05) is 10.6 Å². The van der Waals surface area contributed by atoms with Crippen molar-refractivity contribution in [2.45, 2.75) is 13.8 Å². The number of anilines is 2. The summed E-state index contributed by atoms with van der Waals surface area (Å²) in [5.41, 5.74) is 3.27. The number of urea groups is 1. The molecule has 0 fully saturated rings. The molecule has 2 N–H and O–H groups in total. The molecule has 5 nitrogen and oxygen atoms in total. The number of pyridine rings is 1. The number of nitrogens with zero attached hydrogens (tertiary/aromatic N) is 2. The molecule has 0 saturated carbocycles. The molecule has 0 radical (unpaired) electrons. The molecule has 0 atom stereocenters. The number of fused-ring (bicyclic) bond motifs is 1. The Morgan fingerprint density at radius 1 is 1.14 bits per heavy atom. The van der Waals surface area contributed by atoms with Gasteiger partial charge in [-0.15, -0.1) is 0 Å². The fourth-order valence-corrected chi connectivity index (χ4v) is 3.10. The Morgan fingerprint density at radius 3 is 2.73 bits per heavy atom. The highest BCUT2D eigenvalue weighted by atomic mass is 35.5. The third-order valence-electron chi connectivity index (χ3n) is 2.99. The van der Waals surface area contributed by atoms with Gasteiger partial charge in [0.05, 0.1) is 10.7 Å². The van der Waals surface area contributed by atoms with Crippen LogP contribution in [0.5, 0.6) is 0 Å². The van der Waals surface area contributed by atoms with Crippen LogP contribution in [0.1, 0.15) is 11.3 Å². The third-order valence-corrected chi connectivity index (χ3v) is 4.18. The van der Waals surface area contributed by atoms with Crippen LogP contribution in [-0.4, -0.2) is 16.0 Å². The number of rotatable bonds is 2. The Balaban J connectivity index is 1.75. The van der Waals surface area contributed by atoms with Crippen molar-refractivity contribution in [1.29, 1.82) is 0 Å². The zero-order valence-electron chi connectivity index (χ0n) is 12.0. The molecule has 0 spiro atoms. The van der Waals surface area contributed by atoms with Crippen LogP contribution in [-0.2, 0) is 0 Å². The maximum absolute atomic E-state index is 12.0. The van der Waals surface area contributed by atoms with E-state index >= 15 is 0 Å². The molecular weight excluding hydrogens is 320 g/mol. The van der Waals surface area contributed by atoms with Gasteiger partial charge in [0, 0.05) is 5.69 Å². The van der Waals surface area contributed by atoms with Crippen LogP contribution in [0, 0.1) is 13.8 Å². The summed E-state index contributed by atoms with van der Waals surface area (Å²) in [6.07, 6.45) is 0. The van der Waals surface area contributed by atoms with E-state index in [1.165, 1.54) is 11.3 Å². The number of benzene rings is 1. The first-order chi connectivity index (χ1) is 10.5. The van der Waals surface area contributed by atoms with Crippen LogP contribution < -0.4 is 10.6 Å². The van der Waals surface area contributed by atoms with Gasteiger partial charge in [-0.2, -0.15) is 0 Å². The molecule has 2 heterocycles. The van der Waals surface area contributed by atoms with Crippen molar-refractivity contribution < 1.29 is 4.79 Å². The van der Waals surface area contributed by atoms with Crippen molar-refractivity contribution in [3.63, 3.8) is 0 Å². The Bertz CT molecular complexity index is 862. The number of nitrogens with one attached hydrogen (secondary N) is 2.